The number of nitrogens with one attached hydrogen (secondary N) is 2. The summed E-state index contributed by atoms with van der Waals surface area (Å²) in [7, 11) is 0. The molecule has 0 radical (unpaired) electrons. The Hall–Kier alpha value is -2.27. The Morgan fingerprint density at radius 3 is 2.57 bits per heavy atom. The van der Waals surface area contributed by atoms with E-state index in [2.05, 4.69) is 10.6 Å². The first kappa shape index (κ1) is 17.1. The summed E-state index contributed by atoms with van der Waals surface area (Å²) in [5, 5.41) is 5.48. The van der Waals surface area contributed by atoms with E-state index in [1.165, 1.54) is 12.1 Å². The smallest absolute Gasteiger partial charge is 0.319 e. The maximum Gasteiger partial charge on any atom is 0.319 e. The van der Waals surface area contributed by atoms with E-state index in [-0.39, 0.29) is 16.8 Å². The monoisotopic (exact) mass is 336 g/mol. The predicted molar refractivity (Wildman–Crippen MR) is 89.6 cm³/mol. The fourth-order valence-corrected chi connectivity index (χ4v) is 2.21. The summed E-state index contributed by atoms with van der Waals surface area (Å²) in [6.45, 7) is 4.36. The van der Waals surface area contributed by atoms with Crippen LogP contribution in [0.1, 0.15) is 25.5 Å². The largest absolute Gasteiger partial charge is 0.494 e. The van der Waals surface area contributed by atoms with Gasteiger partial charge in [0.15, 0.2) is 0 Å². The normalized spacial score (nSPS) is 11.7. The molecule has 0 saturated carbocycles. The van der Waals surface area contributed by atoms with Gasteiger partial charge >= 0.3 is 6.03 Å². The maximum atomic E-state index is 13.6. The molecule has 122 valence electrons. The Morgan fingerprint density at radius 1 is 1.26 bits per heavy atom. The van der Waals surface area contributed by atoms with Crippen LogP contribution < -0.4 is 15.4 Å². The van der Waals surface area contributed by atoms with Crippen LogP contribution in [-0.4, -0.2) is 12.6 Å². The zero-order valence-electron chi connectivity index (χ0n) is 12.9. The van der Waals surface area contributed by atoms with E-state index in [1.54, 1.807) is 0 Å². The summed E-state index contributed by atoms with van der Waals surface area (Å²) >= 11 is 5.67. The molecule has 2 aromatic carbocycles. The molecule has 0 aliphatic carbocycles. The molecule has 6 heteroatoms. The zero-order valence-corrected chi connectivity index (χ0v) is 13.7. The minimum atomic E-state index is -0.582. The van der Waals surface area contributed by atoms with Gasteiger partial charge in [-0.25, -0.2) is 9.18 Å². The Bertz CT molecular complexity index is 677. The number of carbonyl (C=O) groups is 1. The molecule has 2 aromatic rings. The number of benzene rings is 2. The van der Waals surface area contributed by atoms with Gasteiger partial charge in [-0.1, -0.05) is 23.7 Å². The summed E-state index contributed by atoms with van der Waals surface area (Å²) in [6, 6.07) is 10.8. The van der Waals surface area contributed by atoms with Crippen LogP contribution in [0.2, 0.25) is 5.02 Å². The number of urea groups is 1. The van der Waals surface area contributed by atoms with Crippen LogP contribution in [0.5, 0.6) is 5.75 Å². The van der Waals surface area contributed by atoms with Gasteiger partial charge in [-0.2, -0.15) is 0 Å². The minimum absolute atomic E-state index is 0.0748. The first-order chi connectivity index (χ1) is 11.0. The lowest BCUT2D eigenvalue weighted by Crippen LogP contribution is -2.31. The highest BCUT2D eigenvalue weighted by atomic mass is 35.5. The summed E-state index contributed by atoms with van der Waals surface area (Å²) in [5.74, 6) is 0.192. The van der Waals surface area contributed by atoms with Gasteiger partial charge < -0.3 is 15.4 Å². The van der Waals surface area contributed by atoms with E-state index >= 15 is 0 Å². The highest BCUT2D eigenvalue weighted by Gasteiger charge is 2.12. The first-order valence-electron chi connectivity index (χ1n) is 7.25. The average Bonchev–Trinajstić information content (AvgIpc) is 2.51. The Balaban J connectivity index is 1.96. The zero-order chi connectivity index (χ0) is 16.8. The lowest BCUT2D eigenvalue weighted by molar-refractivity contribution is 0.249. The highest BCUT2D eigenvalue weighted by Crippen LogP contribution is 2.20. The van der Waals surface area contributed by atoms with Crippen molar-refractivity contribution in [3.05, 3.63) is 58.9 Å². The number of carbonyl (C=O) groups excluding carboxylic acids is 1. The number of amides is 2. The van der Waals surface area contributed by atoms with Crippen molar-refractivity contribution < 1.29 is 13.9 Å². The van der Waals surface area contributed by atoms with Crippen molar-refractivity contribution in [2.75, 3.05) is 11.9 Å². The molecule has 2 rings (SSSR count). The summed E-state index contributed by atoms with van der Waals surface area (Å²) in [6.07, 6.45) is 0. The second kappa shape index (κ2) is 7.83. The molecule has 0 spiro atoms. The van der Waals surface area contributed by atoms with Gasteiger partial charge in [0, 0.05) is 5.02 Å². The number of anilines is 1. The van der Waals surface area contributed by atoms with E-state index in [0.29, 0.717) is 6.61 Å². The number of hydrogen-bond acceptors (Lipinski definition) is 2. The summed E-state index contributed by atoms with van der Waals surface area (Å²) in [5.41, 5.74) is 0.992. The van der Waals surface area contributed by atoms with E-state index in [9.17, 15) is 9.18 Å². The van der Waals surface area contributed by atoms with Crippen molar-refractivity contribution in [3.8, 4) is 5.75 Å². The van der Waals surface area contributed by atoms with Crippen LogP contribution in [0.4, 0.5) is 14.9 Å². The van der Waals surface area contributed by atoms with Gasteiger partial charge in [-0.15, -0.1) is 0 Å². The Labute approximate surface area is 139 Å². The van der Waals surface area contributed by atoms with Gasteiger partial charge in [0.05, 0.1) is 18.3 Å². The molecule has 0 aliphatic heterocycles. The molecule has 1 unspecified atom stereocenters. The second-order valence-electron chi connectivity index (χ2n) is 4.95. The van der Waals surface area contributed by atoms with E-state index in [1.807, 2.05) is 38.1 Å². The van der Waals surface area contributed by atoms with Crippen LogP contribution in [-0.2, 0) is 0 Å². The van der Waals surface area contributed by atoms with Crippen molar-refractivity contribution in [3.63, 3.8) is 0 Å². The highest BCUT2D eigenvalue weighted by molar-refractivity contribution is 6.30. The quantitative estimate of drug-likeness (QED) is 0.827. The first-order valence-corrected chi connectivity index (χ1v) is 7.62. The van der Waals surface area contributed by atoms with Crippen LogP contribution in [0.25, 0.3) is 0 Å². The van der Waals surface area contributed by atoms with Crippen molar-refractivity contribution in [2.45, 2.75) is 19.9 Å². The van der Waals surface area contributed by atoms with E-state index < -0.39 is 11.8 Å². The summed E-state index contributed by atoms with van der Waals surface area (Å²) in [4.78, 5) is 12.0. The molecule has 0 heterocycles. The number of hydrogen-bond donors (Lipinski definition) is 2. The number of halogens is 2. The van der Waals surface area contributed by atoms with E-state index in [0.717, 1.165) is 17.4 Å². The molecule has 2 N–H and O–H groups in total. The molecule has 0 aromatic heterocycles. The van der Waals surface area contributed by atoms with Crippen molar-refractivity contribution in [1.82, 2.24) is 5.32 Å². The number of ether oxygens (including phenoxy) is 1. The van der Waals surface area contributed by atoms with Crippen molar-refractivity contribution >= 4 is 23.3 Å². The third kappa shape index (κ3) is 4.86. The van der Waals surface area contributed by atoms with Crippen LogP contribution in [0.15, 0.2) is 42.5 Å². The molecule has 0 fully saturated rings. The molecule has 0 aliphatic rings. The van der Waals surface area contributed by atoms with Gasteiger partial charge in [0.25, 0.3) is 0 Å². The van der Waals surface area contributed by atoms with Gasteiger partial charge in [-0.3, -0.25) is 0 Å². The van der Waals surface area contributed by atoms with Crippen LogP contribution in [0.3, 0.4) is 0 Å². The van der Waals surface area contributed by atoms with Gasteiger partial charge in [0.1, 0.15) is 11.6 Å². The molecule has 0 bridgehead atoms. The number of rotatable bonds is 5. The van der Waals surface area contributed by atoms with Gasteiger partial charge in [0.2, 0.25) is 0 Å². The molecule has 23 heavy (non-hydrogen) atoms. The molecular formula is C17H18ClFN2O2. The second-order valence-corrected chi connectivity index (χ2v) is 5.38. The fourth-order valence-electron chi connectivity index (χ4n) is 2.05. The predicted octanol–water partition coefficient (Wildman–Crippen LogP) is 4.76. The topological polar surface area (TPSA) is 50.4 Å². The maximum absolute atomic E-state index is 13.6. The minimum Gasteiger partial charge on any atom is -0.494 e. The Kier molecular flexibility index (Phi) is 5.82. The molecule has 1 atom stereocenters. The third-order valence-corrected chi connectivity index (χ3v) is 3.45. The van der Waals surface area contributed by atoms with Crippen LogP contribution in [0, 0.1) is 5.82 Å². The SMILES string of the molecule is CCOc1ccc(C(C)NC(=O)Nc2ccc(Cl)cc2F)cc1. The van der Waals surface area contributed by atoms with E-state index in [4.69, 9.17) is 16.3 Å². The van der Waals surface area contributed by atoms with Crippen molar-refractivity contribution in [1.29, 1.82) is 0 Å². The Morgan fingerprint density at radius 2 is 1.96 bits per heavy atom. The molecule has 0 saturated heterocycles. The summed E-state index contributed by atoms with van der Waals surface area (Å²) < 4.78 is 19.0. The van der Waals surface area contributed by atoms with Gasteiger partial charge in [-0.05, 0) is 49.7 Å². The molecular weight excluding hydrogens is 319 g/mol. The third-order valence-electron chi connectivity index (χ3n) is 3.22. The average molecular weight is 337 g/mol. The lowest BCUT2D eigenvalue weighted by Gasteiger charge is -2.16. The fraction of sp³-hybridized carbons (Fsp3) is 0.235. The van der Waals surface area contributed by atoms with Crippen molar-refractivity contribution in [2.24, 2.45) is 0 Å². The standard InChI is InChI=1S/C17H18ClFN2O2/c1-3-23-14-7-4-12(5-8-14)11(2)20-17(22)21-16-9-6-13(18)10-15(16)19/h4-11H,3H2,1-2H3,(H2,20,21,22). The molecule has 2 amide bonds. The molecule has 4 nitrogen and oxygen atoms in total. The van der Waals surface area contributed by atoms with Crippen LogP contribution >= 0.6 is 11.6 Å². The lowest BCUT2D eigenvalue weighted by atomic mass is 10.1.